The van der Waals surface area contributed by atoms with Crippen molar-refractivity contribution in [3.63, 3.8) is 0 Å². The molecule has 134 valence electrons. The lowest BCUT2D eigenvalue weighted by atomic mass is 9.92. The van der Waals surface area contributed by atoms with Gasteiger partial charge in [-0.3, -0.25) is 0 Å². The van der Waals surface area contributed by atoms with Gasteiger partial charge in [0.15, 0.2) is 0 Å². The van der Waals surface area contributed by atoms with Crippen LogP contribution in [0.25, 0.3) is 0 Å². The maximum absolute atomic E-state index is 13.6. The number of alkyl halides is 1. The summed E-state index contributed by atoms with van der Waals surface area (Å²) in [5, 5.41) is 0.187. The van der Waals surface area contributed by atoms with Crippen molar-refractivity contribution < 1.29 is 4.39 Å². The summed E-state index contributed by atoms with van der Waals surface area (Å²) in [7, 11) is 3.66. The summed E-state index contributed by atoms with van der Waals surface area (Å²) in [6, 6.07) is 0. The predicted molar refractivity (Wildman–Crippen MR) is 106 cm³/mol. The number of halogens is 1. The van der Waals surface area contributed by atoms with Crippen LogP contribution in [0.15, 0.2) is 0 Å². The van der Waals surface area contributed by atoms with Gasteiger partial charge in [-0.05, 0) is 18.8 Å². The first-order valence-electron chi connectivity index (χ1n) is 9.35. The molecule has 0 unspecified atom stereocenters. The maximum atomic E-state index is 13.6. The fraction of sp³-hybridized carbons (Fsp3) is 1.00. The van der Waals surface area contributed by atoms with Crippen molar-refractivity contribution in [2.24, 2.45) is 5.92 Å². The molecule has 0 aliphatic rings. The van der Waals surface area contributed by atoms with Gasteiger partial charge >= 0.3 is 0 Å². The molecule has 0 rings (SSSR count). The average Bonchev–Trinajstić information content (AvgIpc) is 2.46. The molecular weight excluding hydrogens is 311 g/mol. The van der Waals surface area contributed by atoms with Crippen LogP contribution >= 0.6 is 21.6 Å². The fourth-order valence-electron chi connectivity index (χ4n) is 2.62. The van der Waals surface area contributed by atoms with E-state index in [9.17, 15) is 4.39 Å². The molecule has 0 N–H and O–H groups in total. The monoisotopic (exact) mass is 350 g/mol. The van der Waals surface area contributed by atoms with Gasteiger partial charge in [0.1, 0.15) is 6.67 Å². The minimum atomic E-state index is -0.167. The Hall–Kier alpha value is 0.630. The molecule has 22 heavy (non-hydrogen) atoms. The summed E-state index contributed by atoms with van der Waals surface area (Å²) in [4.78, 5) is 0. The molecule has 0 heterocycles. The van der Waals surface area contributed by atoms with Crippen LogP contribution < -0.4 is 0 Å². The molecular formula is C19H39FS2. The van der Waals surface area contributed by atoms with Crippen LogP contribution in [0.1, 0.15) is 98.8 Å². The lowest BCUT2D eigenvalue weighted by Gasteiger charge is -2.27. The Labute approximate surface area is 147 Å². The normalized spacial score (nSPS) is 13.8. The third-order valence-corrected chi connectivity index (χ3v) is 7.84. The Balaban J connectivity index is 4.34. The van der Waals surface area contributed by atoms with Gasteiger partial charge in [-0.15, -0.1) is 0 Å². The van der Waals surface area contributed by atoms with E-state index in [0.717, 1.165) is 0 Å². The first-order valence-corrected chi connectivity index (χ1v) is 11.6. The van der Waals surface area contributed by atoms with Crippen LogP contribution in [0.5, 0.6) is 0 Å². The van der Waals surface area contributed by atoms with Gasteiger partial charge in [-0.2, -0.15) is 0 Å². The van der Waals surface area contributed by atoms with E-state index in [0.29, 0.717) is 5.92 Å². The van der Waals surface area contributed by atoms with Crippen LogP contribution in [-0.2, 0) is 0 Å². The second kappa shape index (κ2) is 14.0. The first kappa shape index (κ1) is 22.6. The Morgan fingerprint density at radius 3 is 1.68 bits per heavy atom. The third-order valence-electron chi connectivity index (χ3n) is 3.96. The molecule has 0 radical (unpaired) electrons. The van der Waals surface area contributed by atoms with Crippen molar-refractivity contribution in [3.8, 4) is 0 Å². The van der Waals surface area contributed by atoms with Gasteiger partial charge in [0.05, 0.1) is 0 Å². The van der Waals surface area contributed by atoms with Crippen molar-refractivity contribution >= 4 is 21.6 Å². The SMILES string of the molecule is CCCCCCC(CCCCCC)[C@@H](CF)SSC(C)(C)C. The second-order valence-electron chi connectivity index (χ2n) is 7.44. The Morgan fingerprint density at radius 1 is 0.818 bits per heavy atom. The van der Waals surface area contributed by atoms with Crippen LogP contribution in [-0.4, -0.2) is 16.7 Å². The van der Waals surface area contributed by atoms with Gasteiger partial charge in [0.25, 0.3) is 0 Å². The van der Waals surface area contributed by atoms with E-state index in [1.165, 1.54) is 64.2 Å². The Kier molecular flexibility index (Phi) is 14.4. The highest BCUT2D eigenvalue weighted by Crippen LogP contribution is 2.42. The van der Waals surface area contributed by atoms with E-state index in [-0.39, 0.29) is 16.7 Å². The lowest BCUT2D eigenvalue weighted by molar-refractivity contribution is 0.345. The van der Waals surface area contributed by atoms with E-state index < -0.39 is 0 Å². The summed E-state index contributed by atoms with van der Waals surface area (Å²) >= 11 is 0. The zero-order chi connectivity index (χ0) is 16.8. The van der Waals surface area contributed by atoms with Crippen LogP contribution in [0.2, 0.25) is 0 Å². The molecule has 0 fully saturated rings. The average molecular weight is 351 g/mol. The van der Waals surface area contributed by atoms with Crippen molar-refractivity contribution in [3.05, 3.63) is 0 Å². The van der Waals surface area contributed by atoms with E-state index in [4.69, 9.17) is 0 Å². The Morgan fingerprint density at radius 2 is 1.32 bits per heavy atom. The third kappa shape index (κ3) is 13.1. The highest BCUT2D eigenvalue weighted by molar-refractivity contribution is 8.77. The molecule has 0 aliphatic carbocycles. The zero-order valence-electron chi connectivity index (χ0n) is 15.6. The van der Waals surface area contributed by atoms with Crippen molar-refractivity contribution in [2.75, 3.05) is 6.67 Å². The molecule has 1 atom stereocenters. The molecule has 3 heteroatoms. The highest BCUT2D eigenvalue weighted by atomic mass is 33.1. The molecule has 0 nitrogen and oxygen atoms in total. The van der Waals surface area contributed by atoms with E-state index in [2.05, 4.69) is 34.6 Å². The standard InChI is InChI=1S/C19H39FS2/c1-6-8-10-12-14-17(15-13-11-9-7-2)18(16-20)21-22-19(3,4)5/h17-18H,6-16H2,1-5H3/t18-/m1/s1. The van der Waals surface area contributed by atoms with E-state index in [1.54, 1.807) is 10.8 Å². The van der Waals surface area contributed by atoms with Crippen molar-refractivity contribution in [1.29, 1.82) is 0 Å². The molecule has 0 saturated heterocycles. The van der Waals surface area contributed by atoms with E-state index in [1.807, 2.05) is 10.8 Å². The van der Waals surface area contributed by atoms with Crippen LogP contribution in [0.4, 0.5) is 4.39 Å². The van der Waals surface area contributed by atoms with Crippen LogP contribution in [0.3, 0.4) is 0 Å². The molecule has 0 bridgehead atoms. The summed E-state index contributed by atoms with van der Waals surface area (Å²) in [5.41, 5.74) is 0. The minimum absolute atomic E-state index is 0.167. The van der Waals surface area contributed by atoms with Gasteiger partial charge in [-0.1, -0.05) is 108 Å². The van der Waals surface area contributed by atoms with Crippen molar-refractivity contribution in [2.45, 2.75) is 109 Å². The molecule has 0 spiro atoms. The summed E-state index contributed by atoms with van der Waals surface area (Å²) in [5.74, 6) is 0.568. The molecule has 0 amide bonds. The number of hydrogen-bond donors (Lipinski definition) is 0. The van der Waals surface area contributed by atoms with Gasteiger partial charge in [0.2, 0.25) is 0 Å². The van der Waals surface area contributed by atoms with Gasteiger partial charge in [-0.25, -0.2) is 4.39 Å². The first-order chi connectivity index (χ1) is 10.4. The largest absolute Gasteiger partial charge is 0.250 e. The lowest BCUT2D eigenvalue weighted by Crippen LogP contribution is -2.20. The molecule has 0 aromatic carbocycles. The predicted octanol–water partition coefficient (Wildman–Crippen LogP) is 8.06. The highest BCUT2D eigenvalue weighted by Gasteiger charge is 2.24. The quantitative estimate of drug-likeness (QED) is 0.229. The Bertz CT molecular complexity index is 226. The molecule has 0 aromatic rings. The van der Waals surface area contributed by atoms with Gasteiger partial charge in [0, 0.05) is 10.00 Å². The number of rotatable bonds is 14. The van der Waals surface area contributed by atoms with Gasteiger partial charge < -0.3 is 0 Å². The summed E-state index contributed by atoms with van der Waals surface area (Å²) in [6.45, 7) is 11.0. The molecule has 0 aromatic heterocycles. The van der Waals surface area contributed by atoms with Crippen molar-refractivity contribution in [1.82, 2.24) is 0 Å². The summed E-state index contributed by atoms with van der Waals surface area (Å²) < 4.78 is 13.8. The van der Waals surface area contributed by atoms with E-state index >= 15 is 0 Å². The van der Waals surface area contributed by atoms with Crippen LogP contribution in [0, 0.1) is 5.92 Å². The fourth-order valence-corrected chi connectivity index (χ4v) is 5.37. The number of unbranched alkanes of at least 4 members (excludes halogenated alkanes) is 6. The topological polar surface area (TPSA) is 0 Å². The maximum Gasteiger partial charge on any atom is 0.102 e. The zero-order valence-corrected chi connectivity index (χ0v) is 17.3. The molecule has 0 aliphatic heterocycles. The minimum Gasteiger partial charge on any atom is -0.250 e. The molecule has 0 saturated carbocycles. The second-order valence-corrected chi connectivity index (χ2v) is 10.7. The summed E-state index contributed by atoms with van der Waals surface area (Å²) in [6.07, 6.45) is 12.9. The smallest absolute Gasteiger partial charge is 0.102 e. The number of hydrogen-bond acceptors (Lipinski definition) is 2.